The van der Waals surface area contributed by atoms with Crippen molar-refractivity contribution in [2.75, 3.05) is 14.2 Å². The SMILES string of the molecule is COc1ccc(C(=O)NNC(=O)c2cccc(Cl)c2)cc1S(=O)(=O)N(C)Cc1ccccc1. The third-order valence-electron chi connectivity index (χ3n) is 4.74. The molecule has 10 heteroatoms. The molecule has 3 aromatic carbocycles. The average Bonchev–Trinajstić information content (AvgIpc) is 2.82. The van der Waals surface area contributed by atoms with E-state index < -0.39 is 21.8 Å². The predicted octanol–water partition coefficient (Wildman–Crippen LogP) is 3.24. The number of nitrogens with zero attached hydrogens (tertiary/aromatic N) is 1. The third kappa shape index (κ3) is 5.89. The molecule has 0 radical (unpaired) electrons. The Labute approximate surface area is 197 Å². The molecule has 0 unspecified atom stereocenters. The van der Waals surface area contributed by atoms with Crippen LogP contribution in [0.25, 0.3) is 0 Å². The molecule has 0 heterocycles. The Bertz CT molecular complexity index is 1270. The van der Waals surface area contributed by atoms with Gasteiger partial charge in [-0.15, -0.1) is 0 Å². The molecule has 0 atom stereocenters. The van der Waals surface area contributed by atoms with Crippen molar-refractivity contribution in [1.82, 2.24) is 15.2 Å². The molecule has 3 rings (SSSR count). The number of hydrazine groups is 1. The van der Waals surface area contributed by atoms with E-state index in [1.807, 2.05) is 30.3 Å². The molecule has 0 aliphatic heterocycles. The van der Waals surface area contributed by atoms with Crippen molar-refractivity contribution in [2.24, 2.45) is 0 Å². The number of methoxy groups -OCH3 is 1. The van der Waals surface area contributed by atoms with Crippen molar-refractivity contribution in [3.63, 3.8) is 0 Å². The first-order valence-electron chi connectivity index (χ1n) is 9.77. The van der Waals surface area contributed by atoms with E-state index in [1.165, 1.54) is 48.8 Å². The van der Waals surface area contributed by atoms with Crippen LogP contribution in [0.3, 0.4) is 0 Å². The maximum Gasteiger partial charge on any atom is 0.269 e. The number of sulfonamides is 1. The van der Waals surface area contributed by atoms with E-state index in [0.717, 1.165) is 5.56 Å². The Morgan fingerprint density at radius 3 is 2.15 bits per heavy atom. The highest BCUT2D eigenvalue weighted by Gasteiger charge is 2.26. The number of amides is 2. The van der Waals surface area contributed by atoms with Gasteiger partial charge in [-0.1, -0.05) is 48.0 Å². The van der Waals surface area contributed by atoms with Gasteiger partial charge >= 0.3 is 0 Å². The van der Waals surface area contributed by atoms with Gasteiger partial charge in [-0.25, -0.2) is 8.42 Å². The molecule has 0 saturated heterocycles. The summed E-state index contributed by atoms with van der Waals surface area (Å²) in [7, 11) is -1.20. The first kappa shape index (κ1) is 24.2. The van der Waals surface area contributed by atoms with E-state index in [1.54, 1.807) is 12.1 Å². The normalized spacial score (nSPS) is 11.2. The van der Waals surface area contributed by atoms with Crippen molar-refractivity contribution < 1.29 is 22.7 Å². The molecule has 8 nitrogen and oxygen atoms in total. The van der Waals surface area contributed by atoms with E-state index in [2.05, 4.69) is 10.9 Å². The van der Waals surface area contributed by atoms with Gasteiger partial charge in [0.2, 0.25) is 10.0 Å². The number of carbonyl (C=O) groups is 2. The van der Waals surface area contributed by atoms with Crippen molar-refractivity contribution in [2.45, 2.75) is 11.4 Å². The highest BCUT2D eigenvalue weighted by molar-refractivity contribution is 7.89. The standard InChI is InChI=1S/C23H22ClN3O5S/c1-27(15-16-7-4-3-5-8-16)33(30,31)21-14-18(11-12-20(21)32-2)23(29)26-25-22(28)17-9-6-10-19(24)13-17/h3-14H,15H2,1-2H3,(H,25,28)(H,26,29). The second-order valence-corrected chi connectivity index (χ2v) is 9.48. The first-order valence-corrected chi connectivity index (χ1v) is 11.6. The minimum absolute atomic E-state index is 0.0221. The molecule has 0 aliphatic carbocycles. The molecule has 2 amide bonds. The molecule has 0 fully saturated rings. The summed E-state index contributed by atoms with van der Waals surface area (Å²) in [6.45, 7) is 0.137. The topological polar surface area (TPSA) is 105 Å². The zero-order chi connectivity index (χ0) is 24.0. The number of halogens is 1. The Morgan fingerprint density at radius 2 is 1.55 bits per heavy atom. The van der Waals surface area contributed by atoms with Crippen molar-refractivity contribution in [3.05, 3.63) is 94.5 Å². The summed E-state index contributed by atoms with van der Waals surface area (Å²) in [5, 5.41) is 0.374. The molecule has 0 aromatic heterocycles. The molecule has 172 valence electrons. The summed E-state index contributed by atoms with van der Waals surface area (Å²) in [4.78, 5) is 24.6. The predicted molar refractivity (Wildman–Crippen MR) is 124 cm³/mol. The Kier molecular flexibility index (Phi) is 7.70. The van der Waals surface area contributed by atoms with Crippen LogP contribution in [0.5, 0.6) is 5.75 Å². The Balaban J connectivity index is 1.79. The first-order chi connectivity index (χ1) is 15.7. The number of hydrogen-bond acceptors (Lipinski definition) is 5. The van der Waals surface area contributed by atoms with Gasteiger partial charge in [0.25, 0.3) is 11.8 Å². The van der Waals surface area contributed by atoms with Gasteiger partial charge in [0.1, 0.15) is 10.6 Å². The monoisotopic (exact) mass is 487 g/mol. The quantitative estimate of drug-likeness (QED) is 0.498. The summed E-state index contributed by atoms with van der Waals surface area (Å²) in [6.07, 6.45) is 0. The van der Waals surface area contributed by atoms with Gasteiger partial charge in [-0.3, -0.25) is 20.4 Å². The lowest BCUT2D eigenvalue weighted by Gasteiger charge is -2.19. The number of ether oxygens (including phenoxy) is 1. The minimum Gasteiger partial charge on any atom is -0.495 e. The summed E-state index contributed by atoms with van der Waals surface area (Å²) in [5.74, 6) is -1.18. The van der Waals surface area contributed by atoms with Crippen LogP contribution in [0.1, 0.15) is 26.3 Å². The molecule has 0 saturated carbocycles. The molecular weight excluding hydrogens is 466 g/mol. The molecule has 0 spiro atoms. The Hall–Kier alpha value is -3.40. The summed E-state index contributed by atoms with van der Waals surface area (Å²) >= 11 is 5.87. The third-order valence-corrected chi connectivity index (χ3v) is 6.80. The van der Waals surface area contributed by atoms with Crippen LogP contribution in [-0.2, 0) is 16.6 Å². The van der Waals surface area contributed by atoms with Crippen molar-refractivity contribution in [3.8, 4) is 5.75 Å². The maximum absolute atomic E-state index is 13.2. The van der Waals surface area contributed by atoms with E-state index in [9.17, 15) is 18.0 Å². The van der Waals surface area contributed by atoms with Crippen LogP contribution in [0.4, 0.5) is 0 Å². The number of nitrogens with one attached hydrogen (secondary N) is 2. The summed E-state index contributed by atoms with van der Waals surface area (Å²) < 4.78 is 32.8. The van der Waals surface area contributed by atoms with Gasteiger partial charge in [0, 0.05) is 29.7 Å². The lowest BCUT2D eigenvalue weighted by atomic mass is 10.2. The minimum atomic E-state index is -3.99. The van der Waals surface area contributed by atoms with E-state index in [4.69, 9.17) is 16.3 Å². The van der Waals surface area contributed by atoms with Crippen molar-refractivity contribution in [1.29, 1.82) is 0 Å². The van der Waals surface area contributed by atoms with Crippen LogP contribution >= 0.6 is 11.6 Å². The number of benzene rings is 3. The van der Waals surface area contributed by atoms with Crippen LogP contribution in [0, 0.1) is 0 Å². The van der Waals surface area contributed by atoms with Crippen LogP contribution in [0.2, 0.25) is 5.02 Å². The van der Waals surface area contributed by atoms with E-state index in [-0.39, 0.29) is 28.3 Å². The van der Waals surface area contributed by atoms with Gasteiger partial charge in [0.05, 0.1) is 7.11 Å². The van der Waals surface area contributed by atoms with Gasteiger partial charge in [0.15, 0.2) is 0 Å². The number of rotatable bonds is 7. The second kappa shape index (κ2) is 10.5. The second-order valence-electron chi connectivity index (χ2n) is 7.03. The fourth-order valence-electron chi connectivity index (χ4n) is 3.00. The average molecular weight is 488 g/mol. The van der Waals surface area contributed by atoms with Gasteiger partial charge in [-0.2, -0.15) is 4.31 Å². The molecule has 0 bridgehead atoms. The van der Waals surface area contributed by atoms with Crippen LogP contribution < -0.4 is 15.6 Å². The highest BCUT2D eigenvalue weighted by atomic mass is 35.5. The smallest absolute Gasteiger partial charge is 0.269 e. The van der Waals surface area contributed by atoms with E-state index >= 15 is 0 Å². The van der Waals surface area contributed by atoms with Gasteiger partial charge in [-0.05, 0) is 42.0 Å². The van der Waals surface area contributed by atoms with Crippen molar-refractivity contribution >= 4 is 33.4 Å². The molecule has 0 aliphatic rings. The Morgan fingerprint density at radius 1 is 0.909 bits per heavy atom. The summed E-state index contributed by atoms with van der Waals surface area (Å²) in [5.41, 5.74) is 5.63. The fraction of sp³-hybridized carbons (Fsp3) is 0.130. The van der Waals surface area contributed by atoms with Crippen LogP contribution in [-0.4, -0.2) is 38.7 Å². The lowest BCUT2D eigenvalue weighted by molar-refractivity contribution is 0.0846. The molecule has 3 aromatic rings. The fourth-order valence-corrected chi connectivity index (χ4v) is 4.53. The van der Waals surface area contributed by atoms with Crippen LogP contribution in [0.15, 0.2) is 77.7 Å². The largest absolute Gasteiger partial charge is 0.495 e. The number of carbonyl (C=O) groups excluding carboxylic acids is 2. The maximum atomic E-state index is 13.2. The molecule has 33 heavy (non-hydrogen) atoms. The highest BCUT2D eigenvalue weighted by Crippen LogP contribution is 2.28. The zero-order valence-electron chi connectivity index (χ0n) is 17.9. The molecular formula is C23H22ClN3O5S. The van der Waals surface area contributed by atoms with Gasteiger partial charge < -0.3 is 4.74 Å². The molecule has 2 N–H and O–H groups in total. The number of hydrogen-bond donors (Lipinski definition) is 2. The lowest BCUT2D eigenvalue weighted by Crippen LogP contribution is -2.41. The zero-order valence-corrected chi connectivity index (χ0v) is 19.5. The summed E-state index contributed by atoms with van der Waals surface area (Å²) in [6, 6.07) is 19.3. The van der Waals surface area contributed by atoms with E-state index in [0.29, 0.717) is 5.02 Å².